The minimum atomic E-state index is -0.315. The van der Waals surface area contributed by atoms with Crippen LogP contribution in [0, 0.1) is 0 Å². The first kappa shape index (κ1) is 21.4. The molecule has 0 spiro atoms. The van der Waals surface area contributed by atoms with Gasteiger partial charge in [0.15, 0.2) is 0 Å². The Hall–Kier alpha value is -0.860. The molecule has 0 saturated heterocycles. The van der Waals surface area contributed by atoms with Crippen molar-refractivity contribution in [3.63, 3.8) is 0 Å². The Morgan fingerprint density at radius 3 is 2.08 bits per heavy atom. The van der Waals surface area contributed by atoms with Crippen LogP contribution in [0.15, 0.2) is 48.6 Å². The third-order valence-corrected chi connectivity index (χ3v) is 5.88. The van der Waals surface area contributed by atoms with Crippen molar-refractivity contribution in [3.8, 4) is 0 Å². The lowest BCUT2D eigenvalue weighted by atomic mass is 9.98. The fraction of sp³-hybridized carbons (Fsp3) is 0.583. The van der Waals surface area contributed by atoms with Crippen LogP contribution in [0.3, 0.4) is 0 Å². The highest BCUT2D eigenvalue weighted by Crippen LogP contribution is 2.34. The van der Waals surface area contributed by atoms with Gasteiger partial charge in [-0.1, -0.05) is 107 Å². The van der Waals surface area contributed by atoms with E-state index in [1.165, 1.54) is 68.9 Å². The number of allylic oxidation sites excluding steroid dienone is 2. The maximum Gasteiger partial charge on any atom is 0.145 e. The maximum atomic E-state index is 6.11. The monoisotopic (exact) mass is 418 g/mol. The van der Waals surface area contributed by atoms with E-state index in [2.05, 4.69) is 71.4 Å². The molecule has 1 nitrogen and oxygen atoms in total. The zero-order chi connectivity index (χ0) is 18.5. The summed E-state index contributed by atoms with van der Waals surface area (Å²) in [6.45, 7) is 3.11. The molecule has 0 radical (unpaired) electrons. The molecule has 1 atom stereocenters. The first-order chi connectivity index (χ1) is 12.7. The number of alkyl halides is 1. The van der Waals surface area contributed by atoms with Gasteiger partial charge < -0.3 is 4.74 Å². The molecule has 0 bridgehead atoms. The molecule has 1 unspecified atom stereocenters. The fourth-order valence-corrected chi connectivity index (χ4v) is 3.84. The summed E-state index contributed by atoms with van der Waals surface area (Å²) in [6, 6.07) is 10.5. The molecule has 0 amide bonds. The highest BCUT2D eigenvalue weighted by molar-refractivity contribution is 9.10. The van der Waals surface area contributed by atoms with Gasteiger partial charge in [0, 0.05) is 13.0 Å². The first-order valence-electron chi connectivity index (χ1n) is 10.5. The Labute approximate surface area is 169 Å². The van der Waals surface area contributed by atoms with Crippen LogP contribution in [-0.4, -0.2) is 11.1 Å². The first-order valence-corrected chi connectivity index (χ1v) is 11.3. The SMILES string of the molecule is CCCCCCCCCCCCOC1(Br)C=CC(c2ccccc2)=CC1. The van der Waals surface area contributed by atoms with Crippen LogP contribution in [0.5, 0.6) is 0 Å². The van der Waals surface area contributed by atoms with Crippen LogP contribution in [0.1, 0.15) is 83.1 Å². The summed E-state index contributed by atoms with van der Waals surface area (Å²) in [5, 5.41) is 0. The number of halogens is 1. The lowest BCUT2D eigenvalue weighted by Gasteiger charge is -2.26. The van der Waals surface area contributed by atoms with E-state index in [-0.39, 0.29) is 4.51 Å². The van der Waals surface area contributed by atoms with Crippen LogP contribution in [0.25, 0.3) is 5.57 Å². The van der Waals surface area contributed by atoms with Gasteiger partial charge in [-0.3, -0.25) is 0 Å². The molecule has 0 heterocycles. The standard InChI is InChI=1S/C24H35BrO/c1-2-3-4-5-6-7-8-9-10-14-21-26-24(25)19-17-23(18-20-24)22-15-12-11-13-16-22/h11-13,15-19H,2-10,14,20-21H2,1H3. The molecule has 1 aliphatic carbocycles. The quantitative estimate of drug-likeness (QED) is 0.232. The van der Waals surface area contributed by atoms with E-state index in [4.69, 9.17) is 4.74 Å². The van der Waals surface area contributed by atoms with E-state index < -0.39 is 0 Å². The Morgan fingerprint density at radius 2 is 1.50 bits per heavy atom. The summed E-state index contributed by atoms with van der Waals surface area (Å²) < 4.78 is 5.80. The molecular weight excluding hydrogens is 384 g/mol. The molecule has 2 rings (SSSR count). The molecule has 0 aromatic heterocycles. The third-order valence-electron chi connectivity index (χ3n) is 5.06. The predicted molar refractivity (Wildman–Crippen MR) is 118 cm³/mol. The molecule has 26 heavy (non-hydrogen) atoms. The summed E-state index contributed by atoms with van der Waals surface area (Å²) in [7, 11) is 0. The van der Waals surface area contributed by atoms with Gasteiger partial charge in [-0.2, -0.15) is 0 Å². The van der Waals surface area contributed by atoms with Crippen molar-refractivity contribution >= 4 is 21.5 Å². The molecule has 0 fully saturated rings. The number of hydrogen-bond donors (Lipinski definition) is 0. The number of rotatable bonds is 13. The van der Waals surface area contributed by atoms with Gasteiger partial charge in [-0.15, -0.1) is 0 Å². The number of benzene rings is 1. The Balaban J connectivity index is 1.52. The van der Waals surface area contributed by atoms with E-state index in [0.717, 1.165) is 19.4 Å². The Kier molecular flexibility index (Phi) is 10.3. The van der Waals surface area contributed by atoms with E-state index >= 15 is 0 Å². The minimum absolute atomic E-state index is 0.315. The summed E-state index contributed by atoms with van der Waals surface area (Å²) in [5.74, 6) is 0. The van der Waals surface area contributed by atoms with E-state index in [0.29, 0.717) is 0 Å². The molecule has 0 aliphatic heterocycles. The van der Waals surface area contributed by atoms with Crippen LogP contribution < -0.4 is 0 Å². The molecule has 1 aromatic carbocycles. The fourth-order valence-electron chi connectivity index (χ4n) is 3.38. The van der Waals surface area contributed by atoms with Gasteiger partial charge in [0.25, 0.3) is 0 Å². The molecule has 1 aliphatic rings. The van der Waals surface area contributed by atoms with Gasteiger partial charge in [0.05, 0.1) is 0 Å². The van der Waals surface area contributed by atoms with Crippen LogP contribution in [0.2, 0.25) is 0 Å². The lowest BCUT2D eigenvalue weighted by Crippen LogP contribution is -2.23. The van der Waals surface area contributed by atoms with Gasteiger partial charge in [-0.25, -0.2) is 0 Å². The zero-order valence-electron chi connectivity index (χ0n) is 16.4. The Bertz CT molecular complexity index is 549. The van der Waals surface area contributed by atoms with Crippen LogP contribution in [-0.2, 0) is 4.74 Å². The molecular formula is C24H35BrO. The third kappa shape index (κ3) is 8.22. The van der Waals surface area contributed by atoms with Crippen molar-refractivity contribution in [2.24, 2.45) is 0 Å². The lowest BCUT2D eigenvalue weighted by molar-refractivity contribution is 0.0634. The average molecular weight is 419 g/mol. The van der Waals surface area contributed by atoms with Crippen molar-refractivity contribution in [2.75, 3.05) is 6.61 Å². The van der Waals surface area contributed by atoms with Crippen molar-refractivity contribution in [2.45, 2.75) is 82.1 Å². The van der Waals surface area contributed by atoms with Gasteiger partial charge in [-0.05, 0) is 39.6 Å². The van der Waals surface area contributed by atoms with Crippen molar-refractivity contribution in [1.82, 2.24) is 0 Å². The summed E-state index contributed by atoms with van der Waals surface area (Å²) in [5.41, 5.74) is 2.55. The second-order valence-electron chi connectivity index (χ2n) is 7.38. The highest BCUT2D eigenvalue weighted by Gasteiger charge is 2.25. The summed E-state index contributed by atoms with van der Waals surface area (Å²) in [4.78, 5) is 0. The number of hydrogen-bond acceptors (Lipinski definition) is 1. The second-order valence-corrected chi connectivity index (χ2v) is 8.72. The van der Waals surface area contributed by atoms with Gasteiger partial charge in [0.2, 0.25) is 0 Å². The summed E-state index contributed by atoms with van der Waals surface area (Å²) in [6.07, 6.45) is 21.1. The van der Waals surface area contributed by atoms with E-state index in [9.17, 15) is 0 Å². The van der Waals surface area contributed by atoms with E-state index in [1.54, 1.807) is 0 Å². The highest BCUT2D eigenvalue weighted by atomic mass is 79.9. The van der Waals surface area contributed by atoms with Crippen molar-refractivity contribution < 1.29 is 4.74 Å². The zero-order valence-corrected chi connectivity index (χ0v) is 18.0. The van der Waals surface area contributed by atoms with Crippen LogP contribution in [0.4, 0.5) is 0 Å². The molecule has 0 N–H and O–H groups in total. The normalized spacial score (nSPS) is 19.5. The number of unbranched alkanes of at least 4 members (excludes halogenated alkanes) is 9. The average Bonchev–Trinajstić information content (AvgIpc) is 2.67. The molecule has 2 heteroatoms. The molecule has 1 aromatic rings. The van der Waals surface area contributed by atoms with Crippen LogP contribution >= 0.6 is 15.9 Å². The maximum absolute atomic E-state index is 6.11. The van der Waals surface area contributed by atoms with Crippen molar-refractivity contribution in [3.05, 3.63) is 54.1 Å². The largest absolute Gasteiger partial charge is 0.360 e. The molecule has 0 saturated carbocycles. The summed E-state index contributed by atoms with van der Waals surface area (Å²) >= 11 is 3.77. The van der Waals surface area contributed by atoms with Gasteiger partial charge >= 0.3 is 0 Å². The van der Waals surface area contributed by atoms with Crippen molar-refractivity contribution in [1.29, 1.82) is 0 Å². The van der Waals surface area contributed by atoms with E-state index in [1.807, 2.05) is 0 Å². The molecule has 144 valence electrons. The Morgan fingerprint density at radius 1 is 0.885 bits per heavy atom. The smallest absolute Gasteiger partial charge is 0.145 e. The second kappa shape index (κ2) is 12.5. The number of ether oxygens (including phenoxy) is 1. The minimum Gasteiger partial charge on any atom is -0.360 e. The predicted octanol–water partition coefficient (Wildman–Crippen LogP) is 8.06. The topological polar surface area (TPSA) is 9.23 Å². The van der Waals surface area contributed by atoms with Gasteiger partial charge in [0.1, 0.15) is 4.51 Å².